The largest absolute Gasteiger partial charge is 0.488 e. The number of carbonyl (C=O) groups excluding carboxylic acids is 6. The number of amides is 6. The highest BCUT2D eigenvalue weighted by Crippen LogP contribution is 2.35. The minimum Gasteiger partial charge on any atom is -0.488 e. The number of nitrogens with zero attached hydrogens (tertiary/aromatic N) is 2. The fourth-order valence-electron chi connectivity index (χ4n) is 10.5. The van der Waals surface area contributed by atoms with E-state index in [-0.39, 0.29) is 98.3 Å². The third kappa shape index (κ3) is 14.1. The van der Waals surface area contributed by atoms with Gasteiger partial charge in [-0.25, -0.2) is 0 Å². The Bertz CT molecular complexity index is 2300. The number of benzene rings is 3. The van der Waals surface area contributed by atoms with Crippen molar-refractivity contribution in [1.82, 2.24) is 41.7 Å². The molecule has 0 spiro atoms. The molecule has 10 atom stereocenters. The van der Waals surface area contributed by atoms with Gasteiger partial charge in [-0.1, -0.05) is 96.1 Å². The molecule has 0 radical (unpaired) electrons. The number of aryl methyl sites for hydroxylation is 2. The van der Waals surface area contributed by atoms with Crippen LogP contribution in [0.1, 0.15) is 128 Å². The molecule has 4 aliphatic rings. The second kappa shape index (κ2) is 25.4. The molecule has 7 rings (SSSR count). The van der Waals surface area contributed by atoms with Gasteiger partial charge in [0.1, 0.15) is 47.9 Å². The average Bonchev–Trinajstić information content (AvgIpc) is 3.98. The number of halogens is 2. The fraction of sp³-hybridized carbons (Fsp3) is 0.571. The average molecular weight is 1060 g/mol. The molecule has 2 aliphatic heterocycles. The Morgan fingerprint density at radius 2 is 0.946 bits per heavy atom. The predicted molar refractivity (Wildman–Crippen MR) is 290 cm³/mol. The molecule has 6 amide bonds. The first-order valence-electron chi connectivity index (χ1n) is 25.9. The SMILES string of the molecule is CN[C@@H](C)C(=O)N[C@H](C(=O)N1C[C@@H](Oc2cccc(O[C@H]3C[C@@H](C(=O)NC4CCCc5ccccc54)N(C(=O)[C@@H](NC(=O)[C@H](C)NC)C(C)(C)C)C3)c2)C[C@H]1C(=O)NC1CCCc2ccccc21)C(C)(C)C.Cl.Cl. The van der Waals surface area contributed by atoms with Gasteiger partial charge in [-0.2, -0.15) is 0 Å². The number of hydrogen-bond acceptors (Lipinski definition) is 10. The molecule has 0 saturated carbocycles. The first-order chi connectivity index (χ1) is 34.2. The third-order valence-electron chi connectivity index (χ3n) is 14.9. The van der Waals surface area contributed by atoms with Crippen molar-refractivity contribution in [3.05, 3.63) is 95.1 Å². The number of nitrogens with one attached hydrogen (secondary N) is 6. The Labute approximate surface area is 450 Å². The molecule has 16 nitrogen and oxygen atoms in total. The monoisotopic (exact) mass is 1060 g/mol. The molecule has 2 heterocycles. The zero-order valence-electron chi connectivity index (χ0n) is 44.7. The van der Waals surface area contributed by atoms with Crippen LogP contribution in [0.2, 0.25) is 0 Å². The standard InChI is InChI=1S/C56H78N8O8.2ClH/c1-33(57-9)49(65)61-47(55(3,4)5)53(69)63-31-39(29-45(63)51(67)59-43-26-15-20-35-18-11-13-24-41(35)43)71-37-22-17-23-38(28-37)72-40-30-46(52(68)60-44-27-16-21-36-19-12-14-25-42(36)44)64(32-40)54(70)48(56(6,7)8)62-50(66)34(2)58-10;;/h11-14,17-19,22-25,28,33-34,39-40,43-48,57-58H,15-16,20-21,26-27,29-32H2,1-10H3,(H,59,67)(H,60,68)(H,61,65)(H,62,66);2*1H/t33-,34-,39-,40-,43?,44?,45-,46-,47+,48+;;/m0../s1. The molecule has 3 aromatic rings. The van der Waals surface area contributed by atoms with Crippen molar-refractivity contribution in [3.8, 4) is 11.5 Å². The summed E-state index contributed by atoms with van der Waals surface area (Å²) in [5.41, 5.74) is 3.17. The van der Waals surface area contributed by atoms with Gasteiger partial charge < -0.3 is 51.2 Å². The van der Waals surface area contributed by atoms with Crippen LogP contribution in [-0.4, -0.2) is 121 Å². The molecule has 406 valence electrons. The highest BCUT2D eigenvalue weighted by atomic mass is 35.5. The van der Waals surface area contributed by atoms with Crippen LogP contribution < -0.4 is 41.4 Å². The number of likely N-dealkylation sites (N-methyl/N-ethyl adjacent to an activating group) is 2. The summed E-state index contributed by atoms with van der Waals surface area (Å²) < 4.78 is 13.3. The third-order valence-corrected chi connectivity index (χ3v) is 14.9. The van der Waals surface area contributed by atoms with Gasteiger partial charge in [0, 0.05) is 18.9 Å². The van der Waals surface area contributed by atoms with Crippen molar-refractivity contribution in [2.75, 3.05) is 27.2 Å². The van der Waals surface area contributed by atoms with Crippen molar-refractivity contribution in [3.63, 3.8) is 0 Å². The van der Waals surface area contributed by atoms with E-state index in [4.69, 9.17) is 9.47 Å². The Kier molecular flexibility index (Phi) is 20.4. The lowest BCUT2D eigenvalue weighted by Gasteiger charge is -2.36. The van der Waals surface area contributed by atoms with E-state index in [0.29, 0.717) is 11.5 Å². The van der Waals surface area contributed by atoms with E-state index >= 15 is 0 Å². The van der Waals surface area contributed by atoms with E-state index in [0.717, 1.165) is 49.7 Å². The lowest BCUT2D eigenvalue weighted by atomic mass is 9.85. The Morgan fingerprint density at radius 1 is 0.568 bits per heavy atom. The van der Waals surface area contributed by atoms with E-state index in [1.54, 1.807) is 62.0 Å². The Morgan fingerprint density at radius 3 is 1.31 bits per heavy atom. The highest BCUT2D eigenvalue weighted by Gasteiger charge is 2.48. The van der Waals surface area contributed by atoms with Gasteiger partial charge >= 0.3 is 0 Å². The molecular formula is C56H80Cl2N8O8. The van der Waals surface area contributed by atoms with Gasteiger partial charge in [-0.3, -0.25) is 28.8 Å². The first-order valence-corrected chi connectivity index (χ1v) is 25.9. The van der Waals surface area contributed by atoms with Gasteiger partial charge in [0.2, 0.25) is 35.4 Å². The van der Waals surface area contributed by atoms with Crippen LogP contribution in [0.3, 0.4) is 0 Å². The van der Waals surface area contributed by atoms with Crippen LogP contribution in [0, 0.1) is 10.8 Å². The fourth-order valence-corrected chi connectivity index (χ4v) is 10.5. The summed E-state index contributed by atoms with van der Waals surface area (Å²) in [5, 5.41) is 18.4. The summed E-state index contributed by atoms with van der Waals surface area (Å²) in [6.45, 7) is 15.0. The number of fused-ring (bicyclic) bond motifs is 2. The quantitative estimate of drug-likeness (QED) is 0.101. The molecule has 2 fully saturated rings. The van der Waals surface area contributed by atoms with E-state index in [9.17, 15) is 28.8 Å². The van der Waals surface area contributed by atoms with Crippen LogP contribution in [-0.2, 0) is 41.6 Å². The van der Waals surface area contributed by atoms with Crippen molar-refractivity contribution in [1.29, 1.82) is 0 Å². The van der Waals surface area contributed by atoms with Gasteiger partial charge in [0.15, 0.2) is 0 Å². The summed E-state index contributed by atoms with van der Waals surface area (Å²) in [5.74, 6) is -1.08. The van der Waals surface area contributed by atoms with Crippen LogP contribution in [0.25, 0.3) is 0 Å². The zero-order chi connectivity index (χ0) is 52.1. The van der Waals surface area contributed by atoms with Crippen LogP contribution in [0.4, 0.5) is 0 Å². The maximum atomic E-state index is 14.8. The number of ether oxygens (including phenoxy) is 2. The topological polar surface area (TPSA) is 200 Å². The summed E-state index contributed by atoms with van der Waals surface area (Å²) in [7, 11) is 3.36. The van der Waals surface area contributed by atoms with Crippen LogP contribution in [0.5, 0.6) is 11.5 Å². The van der Waals surface area contributed by atoms with Gasteiger partial charge in [0.25, 0.3) is 0 Å². The predicted octanol–water partition coefficient (Wildman–Crippen LogP) is 5.89. The van der Waals surface area contributed by atoms with E-state index in [1.807, 2.05) is 77.9 Å². The summed E-state index contributed by atoms with van der Waals surface area (Å²) in [6, 6.07) is 18.2. The minimum absolute atomic E-state index is 0. The molecule has 0 aromatic heterocycles. The smallest absolute Gasteiger partial charge is 0.246 e. The molecule has 74 heavy (non-hydrogen) atoms. The van der Waals surface area contributed by atoms with E-state index in [2.05, 4.69) is 44.0 Å². The number of likely N-dealkylation sites (tertiary alicyclic amines) is 2. The second-order valence-electron chi connectivity index (χ2n) is 22.4. The van der Waals surface area contributed by atoms with E-state index < -0.39 is 59.3 Å². The zero-order valence-corrected chi connectivity index (χ0v) is 46.4. The van der Waals surface area contributed by atoms with Gasteiger partial charge in [-0.15, -0.1) is 24.8 Å². The summed E-state index contributed by atoms with van der Waals surface area (Å²) in [4.78, 5) is 88.1. The lowest BCUT2D eigenvalue weighted by Crippen LogP contribution is -2.59. The molecule has 2 unspecified atom stereocenters. The number of rotatable bonds is 16. The maximum Gasteiger partial charge on any atom is 0.246 e. The molecule has 6 N–H and O–H groups in total. The van der Waals surface area contributed by atoms with Crippen molar-refractivity contribution in [2.24, 2.45) is 10.8 Å². The van der Waals surface area contributed by atoms with Crippen LogP contribution in [0.15, 0.2) is 72.8 Å². The van der Waals surface area contributed by atoms with Gasteiger partial charge in [0.05, 0.1) is 37.3 Å². The Balaban J connectivity index is 0.00000507. The summed E-state index contributed by atoms with van der Waals surface area (Å²) >= 11 is 0. The molecular weight excluding hydrogens is 984 g/mol. The number of carbonyl (C=O) groups is 6. The second-order valence-corrected chi connectivity index (χ2v) is 22.4. The lowest BCUT2D eigenvalue weighted by molar-refractivity contribution is -0.144. The Hall–Kier alpha value is -5.42. The first kappa shape index (κ1) is 59.5. The minimum atomic E-state index is -0.934. The molecule has 2 aliphatic carbocycles. The van der Waals surface area contributed by atoms with Crippen molar-refractivity contribution < 1.29 is 38.2 Å². The molecule has 3 aromatic carbocycles. The van der Waals surface area contributed by atoms with Crippen LogP contribution >= 0.6 is 24.8 Å². The van der Waals surface area contributed by atoms with Gasteiger partial charge in [-0.05, 0) is 112 Å². The molecule has 18 heteroatoms. The van der Waals surface area contributed by atoms with Crippen molar-refractivity contribution >= 4 is 60.3 Å². The maximum absolute atomic E-state index is 14.8. The number of hydrogen-bond donors (Lipinski definition) is 6. The molecule has 2 saturated heterocycles. The summed E-state index contributed by atoms with van der Waals surface area (Å²) in [6.07, 6.45) is 4.47. The highest BCUT2D eigenvalue weighted by molar-refractivity contribution is 5.95. The van der Waals surface area contributed by atoms with Crippen molar-refractivity contribution in [2.45, 2.75) is 167 Å². The molecule has 0 bridgehead atoms. The normalized spacial score (nSPS) is 22.9. The van der Waals surface area contributed by atoms with E-state index in [1.165, 1.54) is 11.1 Å².